The molecule has 0 aliphatic carbocycles. The number of nitrogens with one attached hydrogen (secondary N) is 1. The minimum Gasteiger partial charge on any atom is -0.342 e. The highest BCUT2D eigenvalue weighted by Gasteiger charge is 2.09. The van der Waals surface area contributed by atoms with Crippen LogP contribution >= 0.6 is 11.3 Å². The summed E-state index contributed by atoms with van der Waals surface area (Å²) in [7, 11) is 1.80. The van der Waals surface area contributed by atoms with Gasteiger partial charge in [0, 0.05) is 18.0 Å². The molecule has 1 N–H and O–H groups in total. The van der Waals surface area contributed by atoms with E-state index in [4.69, 9.17) is 0 Å². The van der Waals surface area contributed by atoms with Gasteiger partial charge in [-0.05, 0) is 31.8 Å². The molecule has 0 saturated heterocycles. The molecule has 0 bridgehead atoms. The number of amides is 1. The van der Waals surface area contributed by atoms with Crippen LogP contribution < -0.4 is 5.32 Å². The molecule has 0 saturated carbocycles. The van der Waals surface area contributed by atoms with E-state index in [1.165, 1.54) is 4.88 Å². The van der Waals surface area contributed by atoms with Gasteiger partial charge in [0.15, 0.2) is 0 Å². The minimum absolute atomic E-state index is 0.177. The van der Waals surface area contributed by atoms with Crippen LogP contribution in [0.5, 0.6) is 0 Å². The van der Waals surface area contributed by atoms with E-state index in [2.05, 4.69) is 16.8 Å². The van der Waals surface area contributed by atoms with Crippen molar-refractivity contribution >= 4 is 17.2 Å². The van der Waals surface area contributed by atoms with Crippen molar-refractivity contribution in [2.24, 2.45) is 0 Å². The molecule has 0 aliphatic rings. The third-order valence-electron chi connectivity index (χ3n) is 2.27. The Morgan fingerprint density at radius 1 is 1.60 bits per heavy atom. The van der Waals surface area contributed by atoms with E-state index in [0.29, 0.717) is 6.54 Å². The first-order chi connectivity index (χ1) is 7.27. The average molecular weight is 226 g/mol. The maximum absolute atomic E-state index is 11.6. The minimum atomic E-state index is 0.177. The molecule has 3 nitrogen and oxygen atoms in total. The molecular formula is C11H18N2OS. The van der Waals surface area contributed by atoms with Crippen molar-refractivity contribution in [1.29, 1.82) is 0 Å². The van der Waals surface area contributed by atoms with Crippen LogP contribution in [0.25, 0.3) is 0 Å². The normalized spacial score (nSPS) is 10.3. The first-order valence-corrected chi connectivity index (χ1v) is 6.10. The Labute approximate surface area is 95.1 Å². The Hall–Kier alpha value is -0.870. The molecule has 4 heteroatoms. The number of carbonyl (C=O) groups is 1. The van der Waals surface area contributed by atoms with Gasteiger partial charge in [0.25, 0.3) is 0 Å². The molecular weight excluding hydrogens is 208 g/mol. The number of likely N-dealkylation sites (N-methyl/N-ethyl adjacent to an activating group) is 2. The fourth-order valence-electron chi connectivity index (χ4n) is 1.42. The molecule has 0 aromatic carbocycles. The predicted octanol–water partition coefficient (Wildman–Crippen LogP) is 1.36. The van der Waals surface area contributed by atoms with Crippen molar-refractivity contribution < 1.29 is 4.79 Å². The molecule has 0 unspecified atom stereocenters. The van der Waals surface area contributed by atoms with Crippen LogP contribution in [-0.4, -0.2) is 37.5 Å². The standard InChI is InChI=1S/C11H18N2OS/c1-3-13(11(14)9-12-2)7-6-10-5-4-8-15-10/h4-5,8,12H,3,6-7,9H2,1-2H3. The van der Waals surface area contributed by atoms with Crippen LogP contribution in [0.15, 0.2) is 17.5 Å². The number of hydrogen-bond donors (Lipinski definition) is 1. The van der Waals surface area contributed by atoms with Crippen LogP contribution in [0.4, 0.5) is 0 Å². The summed E-state index contributed by atoms with van der Waals surface area (Å²) in [5, 5.41) is 4.96. The highest BCUT2D eigenvalue weighted by atomic mass is 32.1. The molecule has 1 amide bonds. The van der Waals surface area contributed by atoms with Crippen LogP contribution in [0.2, 0.25) is 0 Å². The lowest BCUT2D eigenvalue weighted by Crippen LogP contribution is -2.38. The maximum atomic E-state index is 11.6. The van der Waals surface area contributed by atoms with Gasteiger partial charge >= 0.3 is 0 Å². The largest absolute Gasteiger partial charge is 0.342 e. The molecule has 84 valence electrons. The molecule has 0 radical (unpaired) electrons. The van der Waals surface area contributed by atoms with Gasteiger partial charge in [-0.3, -0.25) is 4.79 Å². The van der Waals surface area contributed by atoms with E-state index in [0.717, 1.165) is 19.5 Å². The van der Waals surface area contributed by atoms with Crippen molar-refractivity contribution in [3.8, 4) is 0 Å². The van der Waals surface area contributed by atoms with Crippen molar-refractivity contribution in [2.75, 3.05) is 26.7 Å². The second-order valence-corrected chi connectivity index (χ2v) is 4.37. The second-order valence-electron chi connectivity index (χ2n) is 3.33. The molecule has 0 fully saturated rings. The molecule has 1 heterocycles. The summed E-state index contributed by atoms with van der Waals surface area (Å²) in [5.41, 5.74) is 0. The Morgan fingerprint density at radius 2 is 2.40 bits per heavy atom. The topological polar surface area (TPSA) is 32.3 Å². The number of hydrogen-bond acceptors (Lipinski definition) is 3. The zero-order chi connectivity index (χ0) is 11.1. The van der Waals surface area contributed by atoms with Gasteiger partial charge in [0.1, 0.15) is 0 Å². The Morgan fingerprint density at radius 3 is 2.93 bits per heavy atom. The molecule has 1 aromatic heterocycles. The highest BCUT2D eigenvalue weighted by molar-refractivity contribution is 7.09. The Bertz CT molecular complexity index is 285. The average Bonchev–Trinajstić information content (AvgIpc) is 2.72. The lowest BCUT2D eigenvalue weighted by atomic mass is 10.3. The van der Waals surface area contributed by atoms with Crippen molar-refractivity contribution in [1.82, 2.24) is 10.2 Å². The lowest BCUT2D eigenvalue weighted by Gasteiger charge is -2.20. The summed E-state index contributed by atoms with van der Waals surface area (Å²) in [6.45, 7) is 4.05. The van der Waals surface area contributed by atoms with Crippen molar-refractivity contribution in [3.05, 3.63) is 22.4 Å². The van der Waals surface area contributed by atoms with Gasteiger partial charge in [-0.15, -0.1) is 11.3 Å². The van der Waals surface area contributed by atoms with Crippen molar-refractivity contribution in [3.63, 3.8) is 0 Å². The quantitative estimate of drug-likeness (QED) is 0.794. The zero-order valence-electron chi connectivity index (χ0n) is 9.32. The van der Waals surface area contributed by atoms with Crippen LogP contribution in [0.3, 0.4) is 0 Å². The van der Waals surface area contributed by atoms with Crippen LogP contribution in [0.1, 0.15) is 11.8 Å². The van der Waals surface area contributed by atoms with Crippen LogP contribution in [-0.2, 0) is 11.2 Å². The zero-order valence-corrected chi connectivity index (χ0v) is 10.1. The lowest BCUT2D eigenvalue weighted by molar-refractivity contribution is -0.129. The van der Waals surface area contributed by atoms with Gasteiger partial charge in [-0.1, -0.05) is 6.07 Å². The smallest absolute Gasteiger partial charge is 0.236 e. The van der Waals surface area contributed by atoms with Gasteiger partial charge in [-0.25, -0.2) is 0 Å². The summed E-state index contributed by atoms with van der Waals surface area (Å²) in [4.78, 5) is 14.8. The monoisotopic (exact) mass is 226 g/mol. The first-order valence-electron chi connectivity index (χ1n) is 5.22. The third-order valence-corrected chi connectivity index (χ3v) is 3.21. The SMILES string of the molecule is CCN(CCc1cccs1)C(=O)CNC. The summed E-state index contributed by atoms with van der Waals surface area (Å²) in [6.07, 6.45) is 0.959. The Balaban J connectivity index is 2.37. The van der Waals surface area contributed by atoms with Crippen molar-refractivity contribution in [2.45, 2.75) is 13.3 Å². The van der Waals surface area contributed by atoms with Gasteiger partial charge in [-0.2, -0.15) is 0 Å². The number of rotatable bonds is 6. The van der Waals surface area contributed by atoms with E-state index in [1.54, 1.807) is 18.4 Å². The number of carbonyl (C=O) groups excluding carboxylic acids is 1. The van der Waals surface area contributed by atoms with E-state index in [9.17, 15) is 4.79 Å². The molecule has 0 spiro atoms. The number of thiophene rings is 1. The molecule has 0 aliphatic heterocycles. The van der Waals surface area contributed by atoms with Gasteiger partial charge in [0.05, 0.1) is 6.54 Å². The molecule has 1 rings (SSSR count). The summed E-state index contributed by atoms with van der Waals surface area (Å²) in [5.74, 6) is 0.177. The van der Waals surface area contributed by atoms with E-state index >= 15 is 0 Å². The third kappa shape index (κ3) is 4.01. The first kappa shape index (κ1) is 12.2. The number of nitrogens with zero attached hydrogens (tertiary/aromatic N) is 1. The molecule has 0 atom stereocenters. The molecule has 1 aromatic rings. The van der Waals surface area contributed by atoms with Gasteiger partial charge < -0.3 is 10.2 Å². The molecule has 15 heavy (non-hydrogen) atoms. The maximum Gasteiger partial charge on any atom is 0.236 e. The second kappa shape index (κ2) is 6.58. The summed E-state index contributed by atoms with van der Waals surface area (Å²) >= 11 is 1.75. The summed E-state index contributed by atoms with van der Waals surface area (Å²) in [6, 6.07) is 4.16. The van der Waals surface area contributed by atoms with E-state index < -0.39 is 0 Å². The Kier molecular flexibility index (Phi) is 5.36. The van der Waals surface area contributed by atoms with Crippen LogP contribution in [0, 0.1) is 0 Å². The van der Waals surface area contributed by atoms with E-state index in [1.807, 2.05) is 17.9 Å². The fraction of sp³-hybridized carbons (Fsp3) is 0.545. The predicted molar refractivity (Wildman–Crippen MR) is 64.2 cm³/mol. The summed E-state index contributed by atoms with van der Waals surface area (Å²) < 4.78 is 0. The highest BCUT2D eigenvalue weighted by Crippen LogP contribution is 2.09. The van der Waals surface area contributed by atoms with Gasteiger partial charge in [0.2, 0.25) is 5.91 Å². The van der Waals surface area contributed by atoms with E-state index in [-0.39, 0.29) is 5.91 Å². The fourth-order valence-corrected chi connectivity index (χ4v) is 2.12.